The van der Waals surface area contributed by atoms with E-state index < -0.39 is 0 Å². The molecule has 2 rings (SSSR count). The third-order valence-corrected chi connectivity index (χ3v) is 4.49. The van der Waals surface area contributed by atoms with Gasteiger partial charge in [0, 0.05) is 23.7 Å². The fraction of sp³-hybridized carbons (Fsp3) is 0.500. The van der Waals surface area contributed by atoms with E-state index in [1.165, 1.54) is 4.90 Å². The number of carbonyl (C=O) groups is 3. The highest BCUT2D eigenvalue weighted by molar-refractivity contribution is 6.30. The van der Waals surface area contributed by atoms with Gasteiger partial charge in [-0.25, -0.2) is 0 Å². The average Bonchev–Trinajstić information content (AvgIpc) is 3.00. The van der Waals surface area contributed by atoms with Gasteiger partial charge in [0.25, 0.3) is 0 Å². The topological polar surface area (TPSA) is 60.9 Å². The summed E-state index contributed by atoms with van der Waals surface area (Å²) in [5.41, 5.74) is 0.705. The molecule has 0 aromatic heterocycles. The van der Waals surface area contributed by atoms with Crippen LogP contribution in [0.4, 0.5) is 5.69 Å². The molecule has 0 saturated carbocycles. The van der Waals surface area contributed by atoms with E-state index >= 15 is 0 Å². The summed E-state index contributed by atoms with van der Waals surface area (Å²) in [4.78, 5) is 41.4. The standard InChI is InChI=1S/C18H24ClN3O3/c1-3-5-6-16(23)20(4-2)11-17(24)21-12-18(25)22(13-21)15-9-7-14(19)8-10-15/h7-10H,3-6,11-13H2,1-2H3. The molecule has 0 bridgehead atoms. The van der Waals surface area contributed by atoms with Gasteiger partial charge in [0.2, 0.25) is 17.7 Å². The summed E-state index contributed by atoms with van der Waals surface area (Å²) in [6, 6.07) is 6.92. The Kier molecular flexibility index (Phi) is 6.82. The molecule has 1 heterocycles. The monoisotopic (exact) mass is 365 g/mol. The number of halogens is 1. The SMILES string of the molecule is CCCCC(=O)N(CC)CC(=O)N1CC(=O)N(c2ccc(Cl)cc2)C1. The molecular weight excluding hydrogens is 342 g/mol. The van der Waals surface area contributed by atoms with Crippen LogP contribution >= 0.6 is 11.6 Å². The minimum Gasteiger partial charge on any atom is -0.334 e. The lowest BCUT2D eigenvalue weighted by Gasteiger charge is -2.24. The predicted octanol–water partition coefficient (Wildman–Crippen LogP) is 2.51. The van der Waals surface area contributed by atoms with Gasteiger partial charge in [0.15, 0.2) is 0 Å². The molecular formula is C18H24ClN3O3. The zero-order chi connectivity index (χ0) is 18.4. The summed E-state index contributed by atoms with van der Waals surface area (Å²) in [6.45, 7) is 4.60. The Morgan fingerprint density at radius 2 is 1.88 bits per heavy atom. The van der Waals surface area contributed by atoms with E-state index in [0.29, 0.717) is 23.7 Å². The Labute approximate surface area is 153 Å². The van der Waals surface area contributed by atoms with Crippen LogP contribution in [-0.4, -0.2) is 53.8 Å². The van der Waals surface area contributed by atoms with Crippen LogP contribution in [0.2, 0.25) is 5.02 Å². The van der Waals surface area contributed by atoms with Crippen LogP contribution in [-0.2, 0) is 14.4 Å². The summed E-state index contributed by atoms with van der Waals surface area (Å²) < 4.78 is 0. The predicted molar refractivity (Wildman–Crippen MR) is 97.3 cm³/mol. The zero-order valence-corrected chi connectivity index (χ0v) is 15.5. The van der Waals surface area contributed by atoms with Gasteiger partial charge in [-0.3, -0.25) is 19.3 Å². The Morgan fingerprint density at radius 1 is 1.20 bits per heavy atom. The fourth-order valence-corrected chi connectivity index (χ4v) is 2.81. The lowest BCUT2D eigenvalue weighted by molar-refractivity contribution is -0.140. The van der Waals surface area contributed by atoms with Crippen molar-refractivity contribution >= 4 is 35.0 Å². The van der Waals surface area contributed by atoms with Crippen molar-refractivity contribution in [2.75, 3.05) is 31.2 Å². The lowest BCUT2D eigenvalue weighted by Crippen LogP contribution is -2.42. The Bertz CT molecular complexity index is 633. The van der Waals surface area contributed by atoms with Gasteiger partial charge in [0.1, 0.15) is 13.2 Å². The van der Waals surface area contributed by atoms with Gasteiger partial charge in [0.05, 0.1) is 6.54 Å². The summed E-state index contributed by atoms with van der Waals surface area (Å²) >= 11 is 5.87. The second kappa shape index (κ2) is 8.85. The van der Waals surface area contributed by atoms with Crippen molar-refractivity contribution in [2.24, 2.45) is 0 Å². The molecule has 1 aromatic rings. The number of benzene rings is 1. The van der Waals surface area contributed by atoms with Crippen LogP contribution in [0, 0.1) is 0 Å². The maximum Gasteiger partial charge on any atom is 0.248 e. The first kappa shape index (κ1) is 19.2. The van der Waals surface area contributed by atoms with E-state index in [-0.39, 0.29) is 37.5 Å². The minimum absolute atomic E-state index is 0.0147. The number of carbonyl (C=O) groups excluding carboxylic acids is 3. The molecule has 0 N–H and O–H groups in total. The van der Waals surface area contributed by atoms with Crippen molar-refractivity contribution in [3.63, 3.8) is 0 Å². The highest BCUT2D eigenvalue weighted by Crippen LogP contribution is 2.21. The third-order valence-electron chi connectivity index (χ3n) is 4.24. The molecule has 7 heteroatoms. The van der Waals surface area contributed by atoms with Crippen LogP contribution < -0.4 is 4.90 Å². The fourth-order valence-electron chi connectivity index (χ4n) is 2.69. The van der Waals surface area contributed by atoms with E-state index in [4.69, 9.17) is 11.6 Å². The average molecular weight is 366 g/mol. The normalized spacial score (nSPS) is 14.1. The molecule has 0 radical (unpaired) electrons. The zero-order valence-electron chi connectivity index (χ0n) is 14.7. The van der Waals surface area contributed by atoms with Crippen LogP contribution in [0.3, 0.4) is 0 Å². The van der Waals surface area contributed by atoms with Crippen LogP contribution in [0.5, 0.6) is 0 Å². The molecule has 0 aliphatic carbocycles. The van der Waals surface area contributed by atoms with Crippen molar-refractivity contribution in [2.45, 2.75) is 33.1 Å². The van der Waals surface area contributed by atoms with E-state index in [9.17, 15) is 14.4 Å². The number of anilines is 1. The van der Waals surface area contributed by atoms with Gasteiger partial charge < -0.3 is 9.80 Å². The minimum atomic E-state index is -0.212. The van der Waals surface area contributed by atoms with Crippen LogP contribution in [0.15, 0.2) is 24.3 Å². The van der Waals surface area contributed by atoms with Gasteiger partial charge in [-0.15, -0.1) is 0 Å². The smallest absolute Gasteiger partial charge is 0.248 e. The Balaban J connectivity index is 1.97. The molecule has 0 unspecified atom stereocenters. The Morgan fingerprint density at radius 3 is 2.48 bits per heavy atom. The molecule has 1 saturated heterocycles. The summed E-state index contributed by atoms with van der Waals surface area (Å²) in [7, 11) is 0. The largest absolute Gasteiger partial charge is 0.334 e. The van der Waals surface area contributed by atoms with Crippen LogP contribution in [0.25, 0.3) is 0 Å². The molecule has 25 heavy (non-hydrogen) atoms. The number of nitrogens with zero attached hydrogens (tertiary/aromatic N) is 3. The van der Waals surface area contributed by atoms with Crippen molar-refractivity contribution in [1.29, 1.82) is 0 Å². The molecule has 3 amide bonds. The van der Waals surface area contributed by atoms with Crippen molar-refractivity contribution in [3.05, 3.63) is 29.3 Å². The van der Waals surface area contributed by atoms with E-state index in [2.05, 4.69) is 0 Å². The van der Waals surface area contributed by atoms with Crippen molar-refractivity contribution in [1.82, 2.24) is 9.80 Å². The lowest BCUT2D eigenvalue weighted by atomic mass is 10.2. The second-order valence-electron chi connectivity index (χ2n) is 6.04. The molecule has 0 atom stereocenters. The molecule has 136 valence electrons. The number of likely N-dealkylation sites (N-methyl/N-ethyl adjacent to an activating group) is 1. The number of rotatable bonds is 7. The van der Waals surface area contributed by atoms with Crippen molar-refractivity contribution < 1.29 is 14.4 Å². The quantitative estimate of drug-likeness (QED) is 0.746. The van der Waals surface area contributed by atoms with E-state index in [1.54, 1.807) is 34.1 Å². The first-order valence-electron chi connectivity index (χ1n) is 8.57. The Hall–Kier alpha value is -2.08. The van der Waals surface area contributed by atoms with E-state index in [0.717, 1.165) is 12.8 Å². The summed E-state index contributed by atoms with van der Waals surface area (Å²) in [5, 5.41) is 0.590. The van der Waals surface area contributed by atoms with Gasteiger partial charge in [-0.1, -0.05) is 24.9 Å². The molecule has 1 aliphatic heterocycles. The highest BCUT2D eigenvalue weighted by atomic mass is 35.5. The summed E-state index contributed by atoms with van der Waals surface area (Å²) in [6.07, 6.45) is 2.21. The summed E-state index contributed by atoms with van der Waals surface area (Å²) in [5.74, 6) is -0.370. The maximum absolute atomic E-state index is 12.5. The van der Waals surface area contributed by atoms with E-state index in [1.807, 2.05) is 13.8 Å². The third kappa shape index (κ3) is 4.95. The first-order valence-corrected chi connectivity index (χ1v) is 8.95. The molecule has 1 fully saturated rings. The second-order valence-corrected chi connectivity index (χ2v) is 6.48. The van der Waals surface area contributed by atoms with Gasteiger partial charge >= 0.3 is 0 Å². The number of amides is 3. The van der Waals surface area contributed by atoms with Crippen molar-refractivity contribution in [3.8, 4) is 0 Å². The first-order chi connectivity index (χ1) is 12.0. The van der Waals surface area contributed by atoms with Gasteiger partial charge in [-0.2, -0.15) is 0 Å². The highest BCUT2D eigenvalue weighted by Gasteiger charge is 2.32. The number of unbranched alkanes of at least 4 members (excludes halogenated alkanes) is 1. The molecule has 6 nitrogen and oxygen atoms in total. The molecule has 0 spiro atoms. The van der Waals surface area contributed by atoms with Gasteiger partial charge in [-0.05, 0) is 37.6 Å². The maximum atomic E-state index is 12.5. The number of hydrogen-bond acceptors (Lipinski definition) is 3. The molecule has 1 aromatic carbocycles. The molecule has 1 aliphatic rings. The number of hydrogen-bond donors (Lipinski definition) is 0. The van der Waals surface area contributed by atoms with Crippen LogP contribution in [0.1, 0.15) is 33.1 Å².